The molecule has 0 aliphatic heterocycles. The Morgan fingerprint density at radius 3 is 1.88 bits per heavy atom. The van der Waals surface area contributed by atoms with E-state index in [9.17, 15) is 0 Å². The Bertz CT molecular complexity index is 2830. The van der Waals surface area contributed by atoms with E-state index < -0.39 is 0 Å². The summed E-state index contributed by atoms with van der Waals surface area (Å²) in [5.41, 5.74) is 11.1. The van der Waals surface area contributed by atoms with Gasteiger partial charge in [0.2, 0.25) is 0 Å². The molecule has 0 N–H and O–H groups in total. The fraction of sp³-hybridized carbons (Fsp3) is 0. The molecule has 10 rings (SSSR count). The first-order chi connectivity index (χ1) is 24.3. The van der Waals surface area contributed by atoms with Crippen LogP contribution in [0.5, 0.6) is 0 Å². The summed E-state index contributed by atoms with van der Waals surface area (Å²) in [5.74, 6) is 0. The van der Waals surface area contributed by atoms with Gasteiger partial charge >= 0.3 is 0 Å². The van der Waals surface area contributed by atoms with Gasteiger partial charge in [0.15, 0.2) is 5.58 Å². The van der Waals surface area contributed by atoms with Gasteiger partial charge in [-0.2, -0.15) is 0 Å². The standard InChI is InChI=1S/C46H29NO2/c1-2-12-31(13-3-1)37-17-8-18-38-39-19-9-20-41(46(39)49-45(37)38)47(35-28-23-30-11-4-5-14-33(30)29-35)34-26-24-32(25-27-34)36-16-10-22-43-44(36)40-15-6-7-21-42(40)48-43/h1-29H. The molecule has 0 saturated carbocycles. The zero-order chi connectivity index (χ0) is 32.3. The van der Waals surface area contributed by atoms with E-state index in [0.29, 0.717) is 0 Å². The summed E-state index contributed by atoms with van der Waals surface area (Å²) in [4.78, 5) is 2.32. The van der Waals surface area contributed by atoms with Crippen LogP contribution in [-0.4, -0.2) is 0 Å². The van der Waals surface area contributed by atoms with Gasteiger partial charge in [0.25, 0.3) is 0 Å². The Morgan fingerprint density at radius 1 is 0.367 bits per heavy atom. The lowest BCUT2D eigenvalue weighted by Crippen LogP contribution is -2.10. The molecule has 0 bridgehead atoms. The van der Waals surface area contributed by atoms with Crippen molar-refractivity contribution in [3.05, 3.63) is 176 Å². The van der Waals surface area contributed by atoms with E-state index in [0.717, 1.165) is 83.2 Å². The van der Waals surface area contributed by atoms with Crippen molar-refractivity contribution in [1.82, 2.24) is 0 Å². The van der Waals surface area contributed by atoms with Crippen molar-refractivity contribution < 1.29 is 8.83 Å². The molecule has 3 heteroatoms. The first-order valence-electron chi connectivity index (χ1n) is 16.6. The quantitative estimate of drug-likeness (QED) is 0.190. The van der Waals surface area contributed by atoms with E-state index in [1.54, 1.807) is 0 Å². The van der Waals surface area contributed by atoms with Gasteiger partial charge in [-0.3, -0.25) is 0 Å². The number of anilines is 3. The van der Waals surface area contributed by atoms with Gasteiger partial charge in [-0.25, -0.2) is 0 Å². The zero-order valence-corrected chi connectivity index (χ0v) is 26.5. The summed E-state index contributed by atoms with van der Waals surface area (Å²) >= 11 is 0. The average molecular weight is 628 g/mol. The monoisotopic (exact) mass is 627 g/mol. The Balaban J connectivity index is 1.17. The van der Waals surface area contributed by atoms with Crippen LogP contribution in [0.15, 0.2) is 185 Å². The maximum Gasteiger partial charge on any atom is 0.159 e. The molecule has 49 heavy (non-hydrogen) atoms. The fourth-order valence-electron chi connectivity index (χ4n) is 7.37. The van der Waals surface area contributed by atoms with Gasteiger partial charge in [0.1, 0.15) is 16.7 Å². The van der Waals surface area contributed by atoms with Crippen LogP contribution in [0.1, 0.15) is 0 Å². The molecule has 0 radical (unpaired) electrons. The summed E-state index contributed by atoms with van der Waals surface area (Å²) in [6, 6.07) is 61.9. The third-order valence-corrected chi connectivity index (χ3v) is 9.66. The molecule has 0 fully saturated rings. The molecule has 0 aliphatic rings. The largest absolute Gasteiger partial charge is 0.456 e. The van der Waals surface area contributed by atoms with E-state index in [2.05, 4.69) is 157 Å². The molecule has 0 unspecified atom stereocenters. The van der Waals surface area contributed by atoms with Gasteiger partial charge in [-0.1, -0.05) is 133 Å². The van der Waals surface area contributed by atoms with E-state index in [1.807, 2.05) is 24.3 Å². The van der Waals surface area contributed by atoms with Gasteiger partial charge in [-0.15, -0.1) is 0 Å². The topological polar surface area (TPSA) is 29.5 Å². The Hall–Kier alpha value is -6.58. The minimum Gasteiger partial charge on any atom is -0.456 e. The number of hydrogen-bond donors (Lipinski definition) is 0. The van der Waals surface area contributed by atoms with Crippen molar-refractivity contribution in [3.8, 4) is 22.3 Å². The molecule has 0 saturated heterocycles. The second kappa shape index (κ2) is 11.0. The lowest BCUT2D eigenvalue weighted by atomic mass is 9.99. The minimum atomic E-state index is 0.854. The van der Waals surface area contributed by atoms with Crippen LogP contribution in [0.3, 0.4) is 0 Å². The Kier molecular flexibility index (Phi) is 6.18. The number of hydrogen-bond acceptors (Lipinski definition) is 3. The highest BCUT2D eigenvalue weighted by Crippen LogP contribution is 2.45. The first-order valence-corrected chi connectivity index (χ1v) is 16.6. The molecular formula is C46H29NO2. The van der Waals surface area contributed by atoms with Crippen LogP contribution in [0.4, 0.5) is 17.1 Å². The summed E-state index contributed by atoms with van der Waals surface area (Å²) in [7, 11) is 0. The Morgan fingerprint density at radius 2 is 1.00 bits per heavy atom. The molecule has 2 aromatic heterocycles. The summed E-state index contributed by atoms with van der Waals surface area (Å²) in [5, 5.41) is 6.85. The van der Waals surface area contributed by atoms with Crippen molar-refractivity contribution >= 4 is 71.7 Å². The van der Waals surface area contributed by atoms with E-state index in [4.69, 9.17) is 8.83 Å². The van der Waals surface area contributed by atoms with Gasteiger partial charge < -0.3 is 13.7 Å². The van der Waals surface area contributed by atoms with Crippen LogP contribution in [-0.2, 0) is 0 Å². The average Bonchev–Trinajstić information content (AvgIpc) is 3.75. The second-order valence-electron chi connectivity index (χ2n) is 12.5. The number of para-hydroxylation sites is 3. The molecule has 0 aliphatic carbocycles. The number of rotatable bonds is 5. The van der Waals surface area contributed by atoms with Gasteiger partial charge in [0.05, 0.1) is 5.69 Å². The summed E-state index contributed by atoms with van der Waals surface area (Å²) < 4.78 is 13.1. The molecule has 3 nitrogen and oxygen atoms in total. The van der Waals surface area contributed by atoms with E-state index >= 15 is 0 Å². The first kappa shape index (κ1) is 27.5. The lowest BCUT2D eigenvalue weighted by molar-refractivity contribution is 0.669. The Labute approximate surface area is 282 Å². The number of fused-ring (bicyclic) bond motifs is 7. The predicted molar refractivity (Wildman–Crippen MR) is 204 cm³/mol. The molecule has 2 heterocycles. The van der Waals surface area contributed by atoms with Crippen molar-refractivity contribution in [2.75, 3.05) is 4.90 Å². The summed E-state index contributed by atoms with van der Waals surface area (Å²) in [6.45, 7) is 0. The fourth-order valence-corrected chi connectivity index (χ4v) is 7.37. The number of nitrogens with zero attached hydrogens (tertiary/aromatic N) is 1. The molecule has 230 valence electrons. The predicted octanol–water partition coefficient (Wildman–Crippen LogP) is 13.4. The van der Waals surface area contributed by atoms with Crippen LogP contribution in [0.25, 0.3) is 76.9 Å². The van der Waals surface area contributed by atoms with Crippen molar-refractivity contribution in [2.45, 2.75) is 0 Å². The molecule has 10 aromatic rings. The minimum absolute atomic E-state index is 0.854. The van der Waals surface area contributed by atoms with Gasteiger partial charge in [0, 0.05) is 38.5 Å². The van der Waals surface area contributed by atoms with Crippen LogP contribution < -0.4 is 4.90 Å². The molecule has 8 aromatic carbocycles. The number of furan rings is 2. The molecule has 0 atom stereocenters. The normalized spacial score (nSPS) is 11.7. The molecule has 0 amide bonds. The van der Waals surface area contributed by atoms with Crippen molar-refractivity contribution in [2.24, 2.45) is 0 Å². The van der Waals surface area contributed by atoms with E-state index in [1.165, 1.54) is 10.8 Å². The maximum absolute atomic E-state index is 6.90. The number of benzene rings is 8. The third kappa shape index (κ3) is 4.44. The highest BCUT2D eigenvalue weighted by molar-refractivity contribution is 6.14. The van der Waals surface area contributed by atoms with Crippen molar-refractivity contribution in [1.29, 1.82) is 0 Å². The molecule has 0 spiro atoms. The van der Waals surface area contributed by atoms with Crippen molar-refractivity contribution in [3.63, 3.8) is 0 Å². The van der Waals surface area contributed by atoms with Crippen LogP contribution >= 0.6 is 0 Å². The third-order valence-electron chi connectivity index (χ3n) is 9.66. The highest BCUT2D eigenvalue weighted by atomic mass is 16.3. The second-order valence-corrected chi connectivity index (χ2v) is 12.5. The van der Waals surface area contributed by atoms with E-state index in [-0.39, 0.29) is 0 Å². The maximum atomic E-state index is 6.90. The summed E-state index contributed by atoms with van der Waals surface area (Å²) in [6.07, 6.45) is 0. The molecular weight excluding hydrogens is 599 g/mol. The van der Waals surface area contributed by atoms with Gasteiger partial charge in [-0.05, 0) is 69.9 Å². The zero-order valence-electron chi connectivity index (χ0n) is 26.5. The SMILES string of the molecule is c1ccc(-c2cccc3c2oc2c(N(c4ccc(-c5cccc6oc7ccccc7c56)cc4)c4ccc5ccccc5c4)cccc23)cc1. The lowest BCUT2D eigenvalue weighted by Gasteiger charge is -2.26. The van der Waals surface area contributed by atoms with Crippen LogP contribution in [0.2, 0.25) is 0 Å². The smallest absolute Gasteiger partial charge is 0.159 e. The van der Waals surface area contributed by atoms with Crippen LogP contribution in [0, 0.1) is 0 Å². The highest BCUT2D eigenvalue weighted by Gasteiger charge is 2.21.